The van der Waals surface area contributed by atoms with Gasteiger partial charge in [-0.05, 0) is 27.2 Å². The highest BCUT2D eigenvalue weighted by Crippen LogP contribution is 2.23. The van der Waals surface area contributed by atoms with Crippen LogP contribution < -0.4 is 5.73 Å². The number of hydrogen-bond donors (Lipinski definition) is 1. The molecule has 0 aliphatic carbocycles. The molecule has 0 spiro atoms. The van der Waals surface area contributed by atoms with Gasteiger partial charge < -0.3 is 15.4 Å². The van der Waals surface area contributed by atoms with E-state index >= 15 is 0 Å². The van der Waals surface area contributed by atoms with Crippen LogP contribution in [0.1, 0.15) is 33.2 Å². The average molecular weight is 252 g/mol. The van der Waals surface area contributed by atoms with E-state index < -0.39 is 5.60 Å². The predicted octanol–water partition coefficient (Wildman–Crippen LogP) is 1.65. The van der Waals surface area contributed by atoms with Gasteiger partial charge in [0.25, 0.3) is 0 Å². The van der Waals surface area contributed by atoms with Crippen LogP contribution in [0, 0.1) is 0 Å². The number of anilines is 1. The molecule has 1 fully saturated rings. The average Bonchev–Trinajstić information content (AvgIpc) is 2.82. The standard InChI is InChI=1S/C12H20N4O2/c1-12(2,3)18-11(17)15-5-4-10(8-15)16-7-9(13)6-14-16/h6-7,10H,4-5,8,13H2,1-3H3/t10-/m1/s1. The molecule has 100 valence electrons. The van der Waals surface area contributed by atoms with Crippen LogP contribution in [0.4, 0.5) is 10.5 Å². The number of likely N-dealkylation sites (tertiary alicyclic amines) is 1. The van der Waals surface area contributed by atoms with E-state index in [-0.39, 0.29) is 12.1 Å². The SMILES string of the molecule is CC(C)(C)OC(=O)N1CC[C@@H](n2cc(N)cn2)C1. The lowest BCUT2D eigenvalue weighted by Crippen LogP contribution is -2.35. The Bertz CT molecular complexity index is 436. The second-order valence-corrected chi connectivity index (χ2v) is 5.62. The molecular weight excluding hydrogens is 232 g/mol. The van der Waals surface area contributed by atoms with Crippen molar-refractivity contribution in [1.29, 1.82) is 0 Å². The van der Waals surface area contributed by atoms with Gasteiger partial charge in [-0.2, -0.15) is 5.10 Å². The van der Waals surface area contributed by atoms with Crippen LogP contribution in [-0.4, -0.2) is 39.5 Å². The third-order valence-corrected chi connectivity index (χ3v) is 2.81. The maximum atomic E-state index is 11.9. The van der Waals surface area contributed by atoms with Crippen LogP contribution in [-0.2, 0) is 4.74 Å². The fourth-order valence-electron chi connectivity index (χ4n) is 2.00. The van der Waals surface area contributed by atoms with Crippen molar-refractivity contribution in [3.05, 3.63) is 12.4 Å². The number of rotatable bonds is 1. The number of aromatic nitrogens is 2. The molecule has 1 saturated heterocycles. The van der Waals surface area contributed by atoms with Crippen LogP contribution in [0.15, 0.2) is 12.4 Å². The summed E-state index contributed by atoms with van der Waals surface area (Å²) in [6, 6.07) is 0.190. The summed E-state index contributed by atoms with van der Waals surface area (Å²) in [6.07, 6.45) is 4.03. The second kappa shape index (κ2) is 4.51. The number of nitrogens with zero attached hydrogens (tertiary/aromatic N) is 3. The van der Waals surface area contributed by atoms with Crippen molar-refractivity contribution in [1.82, 2.24) is 14.7 Å². The number of hydrogen-bond acceptors (Lipinski definition) is 4. The van der Waals surface area contributed by atoms with Crippen molar-refractivity contribution in [2.75, 3.05) is 18.8 Å². The molecular formula is C12H20N4O2. The third kappa shape index (κ3) is 2.94. The van der Waals surface area contributed by atoms with E-state index in [1.54, 1.807) is 17.3 Å². The van der Waals surface area contributed by atoms with Crippen molar-refractivity contribution in [3.63, 3.8) is 0 Å². The van der Waals surface area contributed by atoms with E-state index in [1.165, 1.54) is 0 Å². The summed E-state index contributed by atoms with van der Waals surface area (Å²) in [4.78, 5) is 13.6. The van der Waals surface area contributed by atoms with Gasteiger partial charge in [-0.1, -0.05) is 0 Å². The largest absolute Gasteiger partial charge is 0.444 e. The normalized spacial score (nSPS) is 20.2. The molecule has 0 radical (unpaired) electrons. The number of amides is 1. The molecule has 1 amide bonds. The smallest absolute Gasteiger partial charge is 0.410 e. The summed E-state index contributed by atoms with van der Waals surface area (Å²) in [5.41, 5.74) is 5.83. The van der Waals surface area contributed by atoms with Gasteiger partial charge in [0.15, 0.2) is 0 Å². The van der Waals surface area contributed by atoms with Crippen molar-refractivity contribution >= 4 is 11.8 Å². The first-order valence-electron chi connectivity index (χ1n) is 6.13. The molecule has 0 bridgehead atoms. The molecule has 1 atom stereocenters. The zero-order valence-corrected chi connectivity index (χ0v) is 11.1. The molecule has 1 aliphatic rings. The van der Waals surface area contributed by atoms with Gasteiger partial charge in [0, 0.05) is 19.3 Å². The highest BCUT2D eigenvalue weighted by molar-refractivity contribution is 5.68. The molecule has 1 aromatic heterocycles. The lowest BCUT2D eigenvalue weighted by molar-refractivity contribution is 0.0288. The van der Waals surface area contributed by atoms with Gasteiger partial charge in [-0.25, -0.2) is 4.79 Å². The molecule has 18 heavy (non-hydrogen) atoms. The third-order valence-electron chi connectivity index (χ3n) is 2.81. The number of ether oxygens (including phenoxy) is 1. The Labute approximate surface area is 107 Å². The predicted molar refractivity (Wildman–Crippen MR) is 68.1 cm³/mol. The Hall–Kier alpha value is -1.72. The number of nitrogens with two attached hydrogens (primary N) is 1. The molecule has 0 saturated carbocycles. The topological polar surface area (TPSA) is 73.4 Å². The summed E-state index contributed by atoms with van der Waals surface area (Å²) in [6.45, 7) is 6.92. The molecule has 6 nitrogen and oxygen atoms in total. The van der Waals surface area contributed by atoms with E-state index in [4.69, 9.17) is 10.5 Å². The second-order valence-electron chi connectivity index (χ2n) is 5.62. The molecule has 0 unspecified atom stereocenters. The van der Waals surface area contributed by atoms with E-state index in [9.17, 15) is 4.79 Å². The first-order valence-corrected chi connectivity index (χ1v) is 6.13. The van der Waals surface area contributed by atoms with E-state index in [0.717, 1.165) is 6.42 Å². The van der Waals surface area contributed by atoms with Crippen LogP contribution in [0.25, 0.3) is 0 Å². The molecule has 1 aliphatic heterocycles. The summed E-state index contributed by atoms with van der Waals surface area (Å²) >= 11 is 0. The van der Waals surface area contributed by atoms with E-state index in [1.807, 2.05) is 25.5 Å². The highest BCUT2D eigenvalue weighted by Gasteiger charge is 2.30. The van der Waals surface area contributed by atoms with Gasteiger partial charge in [0.1, 0.15) is 5.60 Å². The zero-order valence-electron chi connectivity index (χ0n) is 11.1. The first-order chi connectivity index (χ1) is 8.35. The molecule has 6 heteroatoms. The Balaban J connectivity index is 1.94. The molecule has 2 heterocycles. The molecule has 1 aromatic rings. The maximum absolute atomic E-state index is 11.9. The first kappa shape index (κ1) is 12.7. The molecule has 0 aromatic carbocycles. The number of carbonyl (C=O) groups is 1. The number of nitrogen functional groups attached to an aromatic ring is 1. The summed E-state index contributed by atoms with van der Waals surface area (Å²) in [7, 11) is 0. The van der Waals surface area contributed by atoms with Gasteiger partial charge in [0.05, 0.1) is 17.9 Å². The van der Waals surface area contributed by atoms with Gasteiger partial charge in [-0.15, -0.1) is 0 Å². The van der Waals surface area contributed by atoms with E-state index in [0.29, 0.717) is 18.8 Å². The lowest BCUT2D eigenvalue weighted by Gasteiger charge is -2.24. The highest BCUT2D eigenvalue weighted by atomic mass is 16.6. The fourth-order valence-corrected chi connectivity index (χ4v) is 2.00. The Morgan fingerprint density at radius 1 is 1.56 bits per heavy atom. The van der Waals surface area contributed by atoms with Crippen LogP contribution >= 0.6 is 0 Å². The minimum Gasteiger partial charge on any atom is -0.444 e. The summed E-state index contributed by atoms with van der Waals surface area (Å²) in [5, 5.41) is 4.18. The van der Waals surface area contributed by atoms with Gasteiger partial charge in [0.2, 0.25) is 0 Å². The Morgan fingerprint density at radius 2 is 2.28 bits per heavy atom. The van der Waals surface area contributed by atoms with Crippen molar-refractivity contribution in [2.24, 2.45) is 0 Å². The van der Waals surface area contributed by atoms with E-state index in [2.05, 4.69) is 5.10 Å². The molecule has 2 rings (SSSR count). The minimum absolute atomic E-state index is 0.190. The van der Waals surface area contributed by atoms with Crippen molar-refractivity contribution in [2.45, 2.75) is 38.8 Å². The van der Waals surface area contributed by atoms with Gasteiger partial charge >= 0.3 is 6.09 Å². The van der Waals surface area contributed by atoms with Crippen LogP contribution in [0.3, 0.4) is 0 Å². The lowest BCUT2D eigenvalue weighted by atomic mass is 10.2. The van der Waals surface area contributed by atoms with Crippen LogP contribution in [0.5, 0.6) is 0 Å². The van der Waals surface area contributed by atoms with Crippen LogP contribution in [0.2, 0.25) is 0 Å². The Kier molecular flexibility index (Phi) is 3.19. The Morgan fingerprint density at radius 3 is 2.83 bits per heavy atom. The maximum Gasteiger partial charge on any atom is 0.410 e. The number of carbonyl (C=O) groups excluding carboxylic acids is 1. The summed E-state index contributed by atoms with van der Waals surface area (Å²) in [5.74, 6) is 0. The summed E-state index contributed by atoms with van der Waals surface area (Å²) < 4.78 is 7.16. The quantitative estimate of drug-likeness (QED) is 0.824. The van der Waals surface area contributed by atoms with Crippen molar-refractivity contribution in [3.8, 4) is 0 Å². The monoisotopic (exact) mass is 252 g/mol. The minimum atomic E-state index is -0.453. The van der Waals surface area contributed by atoms with Gasteiger partial charge in [-0.3, -0.25) is 4.68 Å². The zero-order chi connectivity index (χ0) is 13.3. The fraction of sp³-hybridized carbons (Fsp3) is 0.667. The molecule has 2 N–H and O–H groups in total. The van der Waals surface area contributed by atoms with Crippen molar-refractivity contribution < 1.29 is 9.53 Å².